The molecule has 4 rings (SSSR count). The summed E-state index contributed by atoms with van der Waals surface area (Å²) in [7, 11) is 0. The zero-order chi connectivity index (χ0) is 21.6. The minimum Gasteiger partial charge on any atom is -0.295 e. The van der Waals surface area contributed by atoms with Gasteiger partial charge in [0.25, 0.3) is 0 Å². The number of carbonyl (C=O) groups excluding carboxylic acids is 1. The highest BCUT2D eigenvalue weighted by molar-refractivity contribution is 5.95. The predicted molar refractivity (Wildman–Crippen MR) is 130 cm³/mol. The number of nitrogens with zero attached hydrogens (tertiary/aromatic N) is 1. The quantitative estimate of drug-likeness (QED) is 0.307. The summed E-state index contributed by atoms with van der Waals surface area (Å²) in [6.07, 6.45) is 7.11. The van der Waals surface area contributed by atoms with Crippen LogP contribution in [0.15, 0.2) is 78.9 Å². The smallest absolute Gasteiger partial charge is 0.160 e. The molecule has 3 aromatic carbocycles. The van der Waals surface area contributed by atoms with Crippen molar-refractivity contribution in [3.8, 4) is 0 Å². The molecule has 0 aliphatic rings. The van der Waals surface area contributed by atoms with E-state index in [1.165, 1.54) is 16.7 Å². The molecule has 0 aliphatic heterocycles. The van der Waals surface area contributed by atoms with Crippen molar-refractivity contribution in [1.82, 2.24) is 4.98 Å². The molecular weight excluding hydrogens is 378 g/mol. The maximum Gasteiger partial charge on any atom is 0.160 e. The van der Waals surface area contributed by atoms with Crippen LogP contribution < -0.4 is 0 Å². The molecule has 0 aliphatic carbocycles. The van der Waals surface area contributed by atoms with E-state index in [4.69, 9.17) is 4.98 Å². The third kappa shape index (κ3) is 5.35. The molecule has 0 fully saturated rings. The lowest BCUT2D eigenvalue weighted by Crippen LogP contribution is -2.00. The summed E-state index contributed by atoms with van der Waals surface area (Å²) in [5.41, 5.74) is 7.68. The second kappa shape index (κ2) is 9.53. The summed E-state index contributed by atoms with van der Waals surface area (Å²) in [6, 6.07) is 27.1. The Hall–Kier alpha value is -3.52. The molecule has 2 nitrogen and oxygen atoms in total. The van der Waals surface area contributed by atoms with Crippen LogP contribution in [0.1, 0.15) is 51.7 Å². The third-order valence-electron chi connectivity index (χ3n) is 5.57. The summed E-state index contributed by atoms with van der Waals surface area (Å²) in [5, 5.41) is 1.16. The zero-order valence-electron chi connectivity index (χ0n) is 18.1. The van der Waals surface area contributed by atoms with Gasteiger partial charge in [0.05, 0.1) is 11.2 Å². The number of pyridine rings is 1. The number of benzene rings is 3. The van der Waals surface area contributed by atoms with E-state index in [9.17, 15) is 4.79 Å². The first kappa shape index (κ1) is 20.7. The van der Waals surface area contributed by atoms with E-state index in [1.807, 2.05) is 18.2 Å². The Morgan fingerprint density at radius 2 is 1.71 bits per heavy atom. The largest absolute Gasteiger partial charge is 0.295 e. The number of fused-ring (bicyclic) bond motifs is 1. The maximum absolute atomic E-state index is 11.8. The number of carbonyl (C=O) groups is 1. The molecule has 0 atom stereocenters. The lowest BCUT2D eigenvalue weighted by Gasteiger charge is -2.07. The molecule has 154 valence electrons. The second-order valence-electron chi connectivity index (χ2n) is 8.08. The van der Waals surface area contributed by atoms with Crippen molar-refractivity contribution < 1.29 is 4.79 Å². The van der Waals surface area contributed by atoms with Gasteiger partial charge in [0.15, 0.2) is 5.78 Å². The Bertz CT molecular complexity index is 1250. The first-order valence-corrected chi connectivity index (χ1v) is 10.8. The molecule has 1 aromatic heterocycles. The Kier molecular flexibility index (Phi) is 6.37. The highest BCUT2D eigenvalue weighted by Gasteiger charge is 2.06. The number of hydrogen-bond donors (Lipinski definition) is 0. The van der Waals surface area contributed by atoms with Crippen LogP contribution in [0.4, 0.5) is 0 Å². The molecule has 4 aromatic rings. The fourth-order valence-electron chi connectivity index (χ4n) is 3.93. The standard InChI is InChI=1S/C29H27NO/c1-21-13-15-26-16-18-27(30-29(26)19-21)17-14-24-8-5-7-23(20-24)9-6-11-25-10-3-4-12-28(25)22(2)31/h3-5,7-8,10,12-20H,6,9,11H2,1-2H3/b17-14+. The van der Waals surface area contributed by atoms with Crippen LogP contribution in [0, 0.1) is 6.92 Å². The van der Waals surface area contributed by atoms with Crippen LogP contribution in [-0.2, 0) is 12.8 Å². The minimum absolute atomic E-state index is 0.139. The molecule has 0 spiro atoms. The molecule has 0 unspecified atom stereocenters. The van der Waals surface area contributed by atoms with Gasteiger partial charge in [-0.15, -0.1) is 0 Å². The van der Waals surface area contributed by atoms with Crippen molar-refractivity contribution in [1.29, 1.82) is 0 Å². The van der Waals surface area contributed by atoms with Crippen molar-refractivity contribution in [2.75, 3.05) is 0 Å². The van der Waals surface area contributed by atoms with Crippen LogP contribution in [0.3, 0.4) is 0 Å². The highest BCUT2D eigenvalue weighted by Crippen LogP contribution is 2.18. The van der Waals surface area contributed by atoms with E-state index in [0.29, 0.717) is 0 Å². The van der Waals surface area contributed by atoms with Gasteiger partial charge in [-0.25, -0.2) is 4.98 Å². The average Bonchev–Trinajstić information content (AvgIpc) is 2.78. The van der Waals surface area contributed by atoms with Crippen LogP contribution in [0.25, 0.3) is 23.1 Å². The van der Waals surface area contributed by atoms with E-state index >= 15 is 0 Å². The molecule has 0 saturated heterocycles. The molecule has 31 heavy (non-hydrogen) atoms. The Morgan fingerprint density at radius 3 is 2.58 bits per heavy atom. The molecule has 0 amide bonds. The van der Waals surface area contributed by atoms with Crippen molar-refractivity contribution >= 4 is 28.8 Å². The number of hydrogen-bond acceptors (Lipinski definition) is 2. The van der Waals surface area contributed by atoms with Gasteiger partial charge in [-0.05, 0) is 73.6 Å². The summed E-state index contributed by atoms with van der Waals surface area (Å²) in [5.74, 6) is 0.139. The third-order valence-corrected chi connectivity index (χ3v) is 5.57. The van der Waals surface area contributed by atoms with E-state index in [2.05, 4.69) is 79.7 Å². The molecule has 0 saturated carbocycles. The van der Waals surface area contributed by atoms with Gasteiger partial charge < -0.3 is 0 Å². The van der Waals surface area contributed by atoms with Gasteiger partial charge in [0.2, 0.25) is 0 Å². The molecule has 0 N–H and O–H groups in total. The van der Waals surface area contributed by atoms with Gasteiger partial charge in [0, 0.05) is 10.9 Å². The fourth-order valence-corrected chi connectivity index (χ4v) is 3.93. The summed E-state index contributed by atoms with van der Waals surface area (Å²) in [6.45, 7) is 3.73. The fraction of sp³-hybridized carbons (Fsp3) is 0.172. The van der Waals surface area contributed by atoms with Crippen molar-refractivity contribution in [2.45, 2.75) is 33.1 Å². The van der Waals surface area contributed by atoms with Crippen LogP contribution in [0.2, 0.25) is 0 Å². The number of Topliss-reactive ketones (excluding diaryl/α,β-unsaturated/α-hetero) is 1. The molecule has 1 heterocycles. The summed E-state index contributed by atoms with van der Waals surface area (Å²) in [4.78, 5) is 16.6. The molecule has 2 heteroatoms. The summed E-state index contributed by atoms with van der Waals surface area (Å²) >= 11 is 0. The van der Waals surface area contributed by atoms with Gasteiger partial charge in [-0.1, -0.05) is 72.8 Å². The Labute approximate surface area is 184 Å². The normalized spacial score (nSPS) is 11.3. The number of aryl methyl sites for hydroxylation is 3. The minimum atomic E-state index is 0.139. The van der Waals surface area contributed by atoms with Crippen molar-refractivity contribution in [3.63, 3.8) is 0 Å². The number of ketones is 1. The van der Waals surface area contributed by atoms with Gasteiger partial charge in [-0.3, -0.25) is 4.79 Å². The van der Waals surface area contributed by atoms with Crippen molar-refractivity contribution in [2.24, 2.45) is 0 Å². The average molecular weight is 406 g/mol. The summed E-state index contributed by atoms with van der Waals surface area (Å²) < 4.78 is 0. The number of aromatic nitrogens is 1. The van der Waals surface area contributed by atoms with Gasteiger partial charge >= 0.3 is 0 Å². The second-order valence-corrected chi connectivity index (χ2v) is 8.08. The van der Waals surface area contributed by atoms with Crippen molar-refractivity contribution in [3.05, 3.63) is 112 Å². The monoisotopic (exact) mass is 405 g/mol. The lowest BCUT2D eigenvalue weighted by molar-refractivity contribution is 0.101. The SMILES string of the molecule is CC(=O)c1ccccc1CCCc1cccc(/C=C/c2ccc3ccc(C)cc3n2)c1. The lowest BCUT2D eigenvalue weighted by atomic mass is 9.97. The first-order valence-electron chi connectivity index (χ1n) is 10.8. The van der Waals surface area contributed by atoms with Crippen LogP contribution in [0.5, 0.6) is 0 Å². The molecule has 0 radical (unpaired) electrons. The predicted octanol–water partition coefficient (Wildman–Crippen LogP) is 7.09. The highest BCUT2D eigenvalue weighted by atomic mass is 16.1. The Morgan fingerprint density at radius 1 is 0.871 bits per heavy atom. The van der Waals surface area contributed by atoms with Crippen LogP contribution in [-0.4, -0.2) is 10.8 Å². The molecule has 0 bridgehead atoms. The first-order chi connectivity index (χ1) is 15.1. The van der Waals surface area contributed by atoms with Gasteiger partial charge in [-0.2, -0.15) is 0 Å². The zero-order valence-corrected chi connectivity index (χ0v) is 18.1. The Balaban J connectivity index is 1.42. The van der Waals surface area contributed by atoms with Gasteiger partial charge in [0.1, 0.15) is 0 Å². The van der Waals surface area contributed by atoms with E-state index in [0.717, 1.165) is 47.0 Å². The maximum atomic E-state index is 11.8. The molecular formula is C29H27NO. The van der Waals surface area contributed by atoms with E-state index < -0.39 is 0 Å². The van der Waals surface area contributed by atoms with E-state index in [-0.39, 0.29) is 5.78 Å². The van der Waals surface area contributed by atoms with E-state index in [1.54, 1.807) is 6.92 Å². The van der Waals surface area contributed by atoms with Crippen LogP contribution >= 0.6 is 0 Å². The topological polar surface area (TPSA) is 30.0 Å². The number of rotatable bonds is 7.